The smallest absolute Gasteiger partial charge is 0.311 e. The number of hydrazone groups is 1. The average Bonchev–Trinajstić information content (AvgIpc) is 2.76. The summed E-state index contributed by atoms with van der Waals surface area (Å²) in [5.74, 6) is -1.27. The van der Waals surface area contributed by atoms with Crippen molar-refractivity contribution in [1.29, 1.82) is 0 Å². The minimum absolute atomic E-state index is 0.111. The number of anilines is 1. The van der Waals surface area contributed by atoms with Crippen LogP contribution in [0.2, 0.25) is 0 Å². The highest BCUT2D eigenvalue weighted by Crippen LogP contribution is 2.25. The lowest BCUT2D eigenvalue weighted by molar-refractivity contribution is -0.139. The van der Waals surface area contributed by atoms with Crippen molar-refractivity contribution in [2.75, 3.05) is 26.2 Å². The zero-order chi connectivity index (χ0) is 16.3. The molecular weight excluding hydrogens is 289 g/mol. The van der Waals surface area contributed by atoms with Crippen LogP contribution in [0.1, 0.15) is 6.42 Å². The molecule has 116 valence electrons. The zero-order valence-corrected chi connectivity index (χ0v) is 12.5. The minimum Gasteiger partial charge on any atom is -0.469 e. The summed E-state index contributed by atoms with van der Waals surface area (Å²) in [4.78, 5) is 25.6. The monoisotopic (exact) mass is 305 g/mol. The van der Waals surface area contributed by atoms with Crippen LogP contribution in [0.5, 0.6) is 0 Å². The van der Waals surface area contributed by atoms with Gasteiger partial charge in [0.05, 0.1) is 30.5 Å². The van der Waals surface area contributed by atoms with E-state index in [-0.39, 0.29) is 12.3 Å². The maximum absolute atomic E-state index is 13.0. The normalized spacial score (nSPS) is 16.0. The molecular formula is C15H16FN3O3. The molecule has 0 bridgehead atoms. The number of nitrogens with zero attached hydrogens (tertiary/aromatic N) is 3. The molecule has 0 aromatic heterocycles. The van der Waals surface area contributed by atoms with Crippen LogP contribution in [0.15, 0.2) is 41.1 Å². The Kier molecular flexibility index (Phi) is 4.55. The topological polar surface area (TPSA) is 62.2 Å². The highest BCUT2D eigenvalue weighted by molar-refractivity contribution is 6.32. The Hall–Kier alpha value is -2.70. The van der Waals surface area contributed by atoms with Gasteiger partial charge in [0.1, 0.15) is 5.82 Å². The van der Waals surface area contributed by atoms with Crippen molar-refractivity contribution in [2.45, 2.75) is 6.42 Å². The number of carbonyl (C=O) groups is 2. The number of amides is 1. The van der Waals surface area contributed by atoms with E-state index in [9.17, 15) is 14.0 Å². The van der Waals surface area contributed by atoms with E-state index in [4.69, 9.17) is 0 Å². The SMILES string of the molecule is COC(=O)CC1=NN(c2ccc(F)cc2)C(=O)C1=CN(C)C. The first-order chi connectivity index (χ1) is 10.4. The van der Waals surface area contributed by atoms with Crippen molar-refractivity contribution in [2.24, 2.45) is 5.10 Å². The fraction of sp³-hybridized carbons (Fsp3) is 0.267. The molecule has 0 atom stereocenters. The van der Waals surface area contributed by atoms with E-state index in [2.05, 4.69) is 9.84 Å². The molecule has 1 heterocycles. The molecule has 0 aliphatic carbocycles. The highest BCUT2D eigenvalue weighted by atomic mass is 19.1. The number of methoxy groups -OCH3 is 1. The van der Waals surface area contributed by atoms with E-state index < -0.39 is 11.8 Å². The molecule has 0 radical (unpaired) electrons. The summed E-state index contributed by atoms with van der Waals surface area (Å²) >= 11 is 0. The van der Waals surface area contributed by atoms with Gasteiger partial charge in [0.15, 0.2) is 0 Å². The second-order valence-corrected chi connectivity index (χ2v) is 4.90. The highest BCUT2D eigenvalue weighted by Gasteiger charge is 2.32. The second kappa shape index (κ2) is 6.38. The number of hydrogen-bond donors (Lipinski definition) is 0. The number of carbonyl (C=O) groups excluding carboxylic acids is 2. The third kappa shape index (κ3) is 3.30. The van der Waals surface area contributed by atoms with Crippen molar-refractivity contribution in [3.05, 3.63) is 41.9 Å². The van der Waals surface area contributed by atoms with Gasteiger partial charge >= 0.3 is 5.97 Å². The molecule has 7 heteroatoms. The predicted molar refractivity (Wildman–Crippen MR) is 79.7 cm³/mol. The maximum atomic E-state index is 13.0. The summed E-state index contributed by atoms with van der Waals surface area (Å²) in [5.41, 5.74) is 1.05. The van der Waals surface area contributed by atoms with Crippen LogP contribution >= 0.6 is 0 Å². The van der Waals surface area contributed by atoms with Crippen molar-refractivity contribution in [3.8, 4) is 0 Å². The summed E-state index contributed by atoms with van der Waals surface area (Å²) in [6.45, 7) is 0. The summed E-state index contributed by atoms with van der Waals surface area (Å²) in [5, 5.41) is 5.32. The van der Waals surface area contributed by atoms with E-state index in [1.54, 1.807) is 25.2 Å². The summed E-state index contributed by atoms with van der Waals surface area (Å²) < 4.78 is 17.6. The number of halogens is 1. The lowest BCUT2D eigenvalue weighted by Crippen LogP contribution is -2.23. The van der Waals surface area contributed by atoms with Gasteiger partial charge in [0.2, 0.25) is 0 Å². The number of rotatable bonds is 4. The molecule has 0 N–H and O–H groups in total. The molecule has 1 aromatic carbocycles. The minimum atomic E-state index is -0.489. The van der Waals surface area contributed by atoms with Gasteiger partial charge in [-0.05, 0) is 24.3 Å². The van der Waals surface area contributed by atoms with Gasteiger partial charge in [-0.2, -0.15) is 10.1 Å². The first-order valence-electron chi connectivity index (χ1n) is 6.55. The third-order valence-electron chi connectivity index (χ3n) is 2.95. The molecule has 1 aliphatic rings. The van der Waals surface area contributed by atoms with Gasteiger partial charge in [-0.25, -0.2) is 4.39 Å². The summed E-state index contributed by atoms with van der Waals surface area (Å²) in [7, 11) is 4.79. The Morgan fingerprint density at radius 2 is 2.00 bits per heavy atom. The van der Waals surface area contributed by atoms with Gasteiger partial charge < -0.3 is 9.64 Å². The van der Waals surface area contributed by atoms with Crippen LogP contribution in [0.3, 0.4) is 0 Å². The van der Waals surface area contributed by atoms with Crippen molar-refractivity contribution in [3.63, 3.8) is 0 Å². The Bertz CT molecular complexity index is 651. The molecule has 1 aromatic rings. The van der Waals surface area contributed by atoms with Crippen LogP contribution in [0.25, 0.3) is 0 Å². The average molecular weight is 305 g/mol. The summed E-state index contributed by atoms with van der Waals surface area (Å²) in [6, 6.07) is 5.38. The lowest BCUT2D eigenvalue weighted by Gasteiger charge is -2.12. The van der Waals surface area contributed by atoms with Crippen LogP contribution in [-0.4, -0.2) is 43.7 Å². The first kappa shape index (κ1) is 15.7. The molecule has 0 fully saturated rings. The van der Waals surface area contributed by atoms with E-state index >= 15 is 0 Å². The molecule has 6 nitrogen and oxygen atoms in total. The lowest BCUT2D eigenvalue weighted by atomic mass is 10.1. The molecule has 22 heavy (non-hydrogen) atoms. The molecule has 0 spiro atoms. The summed E-state index contributed by atoms with van der Waals surface area (Å²) in [6.07, 6.45) is 1.48. The van der Waals surface area contributed by atoms with Gasteiger partial charge in [-0.15, -0.1) is 0 Å². The molecule has 1 amide bonds. The van der Waals surface area contributed by atoms with Crippen LogP contribution in [0.4, 0.5) is 10.1 Å². The van der Waals surface area contributed by atoms with Gasteiger partial charge in [-0.3, -0.25) is 9.59 Å². The maximum Gasteiger partial charge on any atom is 0.311 e. The van der Waals surface area contributed by atoms with Crippen molar-refractivity contribution < 1.29 is 18.7 Å². The quantitative estimate of drug-likeness (QED) is 0.625. The van der Waals surface area contributed by atoms with Gasteiger partial charge in [0.25, 0.3) is 5.91 Å². The number of ether oxygens (including phenoxy) is 1. The van der Waals surface area contributed by atoms with Crippen molar-refractivity contribution >= 4 is 23.3 Å². The molecule has 2 rings (SSSR count). The molecule has 0 saturated heterocycles. The Morgan fingerprint density at radius 3 is 2.55 bits per heavy atom. The van der Waals surface area contributed by atoms with Gasteiger partial charge in [-0.1, -0.05) is 0 Å². The van der Waals surface area contributed by atoms with Crippen molar-refractivity contribution in [1.82, 2.24) is 4.90 Å². The van der Waals surface area contributed by atoms with Crippen LogP contribution in [0, 0.1) is 5.82 Å². The van der Waals surface area contributed by atoms with E-state index in [0.717, 1.165) is 5.01 Å². The number of benzene rings is 1. The van der Waals surface area contributed by atoms with Crippen LogP contribution in [-0.2, 0) is 14.3 Å². The fourth-order valence-corrected chi connectivity index (χ4v) is 1.94. The van der Waals surface area contributed by atoms with Gasteiger partial charge in [0, 0.05) is 20.3 Å². The first-order valence-corrected chi connectivity index (χ1v) is 6.55. The van der Waals surface area contributed by atoms with E-state index in [1.165, 1.54) is 31.4 Å². The largest absolute Gasteiger partial charge is 0.469 e. The van der Waals surface area contributed by atoms with E-state index in [0.29, 0.717) is 17.0 Å². The second-order valence-electron chi connectivity index (χ2n) is 4.90. The Morgan fingerprint density at radius 1 is 1.36 bits per heavy atom. The number of hydrogen-bond acceptors (Lipinski definition) is 5. The molecule has 0 saturated carbocycles. The Balaban J connectivity index is 2.38. The standard InChI is InChI=1S/C15H16FN3O3/c1-18(2)9-12-13(8-14(20)22-3)17-19(15(12)21)11-6-4-10(16)5-7-11/h4-7,9H,8H2,1-3H3. The molecule has 0 unspecified atom stereocenters. The predicted octanol–water partition coefficient (Wildman–Crippen LogP) is 1.54. The van der Waals surface area contributed by atoms with Crippen LogP contribution < -0.4 is 5.01 Å². The molecule has 1 aliphatic heterocycles. The number of esters is 1. The van der Waals surface area contributed by atoms with E-state index in [1.807, 2.05) is 0 Å². The fourth-order valence-electron chi connectivity index (χ4n) is 1.94. The Labute approximate surface area is 127 Å². The zero-order valence-electron chi connectivity index (χ0n) is 12.5. The third-order valence-corrected chi connectivity index (χ3v) is 2.95.